The van der Waals surface area contributed by atoms with E-state index < -0.39 is 6.04 Å². The Hall–Kier alpha value is -3.36. The van der Waals surface area contributed by atoms with Crippen molar-refractivity contribution in [3.63, 3.8) is 0 Å². The molecule has 2 N–H and O–H groups in total. The Bertz CT molecular complexity index is 1300. The second kappa shape index (κ2) is 10.9. The third-order valence-corrected chi connectivity index (χ3v) is 7.79. The number of amides is 2. The standard InChI is InChI=1S/C29H32N4O3S/c1-18-11-12-19(2)24(14-18)27-26(28(35)32-21-8-5-4-6-9-21)20(3)31-29-33(27)22(17-37-29)15-25(34)30-16-23-10-7-13-36-23/h4-6,8-9,11-12,14,17,23,27H,7,10,13,15-16H2,1-3H3,(H,30,34)(H,32,35)/t23-,27+/m1/s1. The van der Waals surface area contributed by atoms with Crippen molar-refractivity contribution in [2.75, 3.05) is 18.5 Å². The molecule has 0 unspecified atom stereocenters. The van der Waals surface area contributed by atoms with Gasteiger partial charge >= 0.3 is 0 Å². The van der Waals surface area contributed by atoms with Crippen LogP contribution in [0.15, 0.2) is 75.9 Å². The number of aliphatic imine (C=N–C) groups is 1. The van der Waals surface area contributed by atoms with Crippen molar-refractivity contribution in [2.45, 2.75) is 52.2 Å². The predicted molar refractivity (Wildman–Crippen MR) is 148 cm³/mol. The Labute approximate surface area is 222 Å². The lowest BCUT2D eigenvalue weighted by atomic mass is 9.89. The lowest BCUT2D eigenvalue weighted by Crippen LogP contribution is -2.39. The van der Waals surface area contributed by atoms with E-state index in [1.165, 1.54) is 11.8 Å². The van der Waals surface area contributed by atoms with Gasteiger partial charge in [-0.1, -0.05) is 53.7 Å². The highest BCUT2D eigenvalue weighted by atomic mass is 32.2. The van der Waals surface area contributed by atoms with Crippen molar-refractivity contribution in [2.24, 2.45) is 4.99 Å². The number of benzene rings is 2. The number of amidine groups is 1. The van der Waals surface area contributed by atoms with E-state index in [1.54, 1.807) is 0 Å². The molecule has 3 heterocycles. The summed E-state index contributed by atoms with van der Waals surface area (Å²) in [6.45, 7) is 7.27. The van der Waals surface area contributed by atoms with Gasteiger partial charge < -0.3 is 20.3 Å². The SMILES string of the molecule is CC1=C(C(=O)Nc2ccccc2)[C@H](c2cc(C)ccc2C)N2C(CC(=O)NC[C@H]3CCCO3)=CSC2=N1. The molecule has 8 heteroatoms. The summed E-state index contributed by atoms with van der Waals surface area (Å²) in [6, 6.07) is 15.3. The third-order valence-electron chi connectivity index (χ3n) is 6.90. The molecular formula is C29H32N4O3S. The number of aryl methyl sites for hydroxylation is 2. The number of thioether (sulfide) groups is 1. The summed E-state index contributed by atoms with van der Waals surface area (Å²) < 4.78 is 5.65. The zero-order chi connectivity index (χ0) is 25.9. The van der Waals surface area contributed by atoms with Crippen LogP contribution in [0, 0.1) is 13.8 Å². The van der Waals surface area contributed by atoms with Gasteiger partial charge in [-0.25, -0.2) is 4.99 Å². The van der Waals surface area contributed by atoms with Gasteiger partial charge in [-0.3, -0.25) is 9.59 Å². The minimum Gasteiger partial charge on any atom is -0.376 e. The van der Waals surface area contributed by atoms with Crippen LogP contribution in [-0.4, -0.2) is 41.1 Å². The Kier molecular flexibility index (Phi) is 7.48. The first kappa shape index (κ1) is 25.3. The zero-order valence-electron chi connectivity index (χ0n) is 21.4. The molecule has 3 aliphatic rings. The summed E-state index contributed by atoms with van der Waals surface area (Å²) in [7, 11) is 0. The summed E-state index contributed by atoms with van der Waals surface area (Å²) in [4.78, 5) is 33.5. The molecule has 192 valence electrons. The highest BCUT2D eigenvalue weighted by molar-refractivity contribution is 8.16. The van der Waals surface area contributed by atoms with Crippen LogP contribution in [0.5, 0.6) is 0 Å². The Morgan fingerprint density at radius 3 is 2.70 bits per heavy atom. The van der Waals surface area contributed by atoms with Crippen molar-refractivity contribution in [1.82, 2.24) is 10.2 Å². The summed E-state index contributed by atoms with van der Waals surface area (Å²) >= 11 is 1.49. The maximum absolute atomic E-state index is 13.7. The molecule has 5 rings (SSSR count). The van der Waals surface area contributed by atoms with E-state index in [0.29, 0.717) is 17.8 Å². The van der Waals surface area contributed by atoms with Gasteiger partial charge in [-0.2, -0.15) is 0 Å². The van der Waals surface area contributed by atoms with Crippen molar-refractivity contribution >= 4 is 34.4 Å². The second-order valence-corrected chi connectivity index (χ2v) is 10.5. The fourth-order valence-electron chi connectivity index (χ4n) is 4.99. The molecule has 0 aromatic heterocycles. The first-order valence-electron chi connectivity index (χ1n) is 12.7. The Morgan fingerprint density at radius 2 is 1.95 bits per heavy atom. The van der Waals surface area contributed by atoms with Crippen LogP contribution in [0.3, 0.4) is 0 Å². The number of para-hydroxylation sites is 1. The fourth-order valence-corrected chi connectivity index (χ4v) is 5.95. The predicted octanol–water partition coefficient (Wildman–Crippen LogP) is 5.20. The average molecular weight is 517 g/mol. The van der Waals surface area contributed by atoms with E-state index in [0.717, 1.165) is 52.7 Å². The number of fused-ring (bicyclic) bond motifs is 1. The summed E-state index contributed by atoms with van der Waals surface area (Å²) in [5, 5.41) is 8.84. The molecule has 1 saturated heterocycles. The third kappa shape index (κ3) is 5.50. The number of hydrogen-bond donors (Lipinski definition) is 2. The molecule has 2 atom stereocenters. The number of anilines is 1. The molecule has 37 heavy (non-hydrogen) atoms. The number of carbonyl (C=O) groups is 2. The molecule has 2 amide bonds. The van der Waals surface area contributed by atoms with E-state index in [2.05, 4.69) is 47.6 Å². The van der Waals surface area contributed by atoms with Crippen molar-refractivity contribution < 1.29 is 14.3 Å². The van der Waals surface area contributed by atoms with Crippen LogP contribution in [0.25, 0.3) is 0 Å². The van der Waals surface area contributed by atoms with Crippen molar-refractivity contribution in [3.05, 3.63) is 87.6 Å². The molecular weight excluding hydrogens is 484 g/mol. The van der Waals surface area contributed by atoms with Gasteiger partial charge in [0, 0.05) is 24.5 Å². The van der Waals surface area contributed by atoms with Gasteiger partial charge in [0.25, 0.3) is 5.91 Å². The van der Waals surface area contributed by atoms with Crippen molar-refractivity contribution in [3.8, 4) is 0 Å². The highest BCUT2D eigenvalue weighted by Crippen LogP contribution is 2.45. The molecule has 0 bridgehead atoms. The average Bonchev–Trinajstić information content (AvgIpc) is 3.54. The summed E-state index contributed by atoms with van der Waals surface area (Å²) in [6.07, 6.45) is 2.30. The van der Waals surface area contributed by atoms with Gasteiger partial charge in [-0.15, -0.1) is 0 Å². The highest BCUT2D eigenvalue weighted by Gasteiger charge is 2.41. The molecule has 2 aromatic carbocycles. The Morgan fingerprint density at radius 1 is 1.14 bits per heavy atom. The molecule has 0 radical (unpaired) electrons. The molecule has 2 aromatic rings. The van der Waals surface area contributed by atoms with Gasteiger partial charge in [0.2, 0.25) is 5.91 Å². The Balaban J connectivity index is 1.46. The van der Waals surface area contributed by atoms with E-state index in [4.69, 9.17) is 9.73 Å². The van der Waals surface area contributed by atoms with E-state index in [1.807, 2.05) is 42.7 Å². The molecule has 0 aliphatic carbocycles. The van der Waals surface area contributed by atoms with Crippen molar-refractivity contribution in [1.29, 1.82) is 0 Å². The number of carbonyl (C=O) groups excluding carboxylic acids is 2. The van der Waals surface area contributed by atoms with Gasteiger partial charge in [0.05, 0.1) is 29.8 Å². The fraction of sp³-hybridized carbons (Fsp3) is 0.345. The number of nitrogens with zero attached hydrogens (tertiary/aromatic N) is 2. The maximum Gasteiger partial charge on any atom is 0.255 e. The number of allylic oxidation sites excluding steroid dienone is 1. The van der Waals surface area contributed by atoms with Gasteiger partial charge in [0.1, 0.15) is 0 Å². The number of hydrogen-bond acceptors (Lipinski definition) is 6. The van der Waals surface area contributed by atoms with Gasteiger partial charge in [0.15, 0.2) is 5.17 Å². The van der Waals surface area contributed by atoms with Crippen LogP contribution < -0.4 is 10.6 Å². The first-order chi connectivity index (χ1) is 17.9. The molecule has 0 saturated carbocycles. The minimum atomic E-state index is -0.400. The summed E-state index contributed by atoms with van der Waals surface area (Å²) in [5.41, 5.74) is 6.02. The second-order valence-electron chi connectivity index (χ2n) is 9.69. The van der Waals surface area contributed by atoms with E-state index in [-0.39, 0.29) is 24.3 Å². The van der Waals surface area contributed by atoms with E-state index in [9.17, 15) is 9.59 Å². The quantitative estimate of drug-likeness (QED) is 0.528. The lowest BCUT2D eigenvalue weighted by Gasteiger charge is -2.37. The maximum atomic E-state index is 13.7. The number of nitrogens with one attached hydrogen (secondary N) is 2. The summed E-state index contributed by atoms with van der Waals surface area (Å²) in [5.74, 6) is -0.263. The first-order valence-corrected chi connectivity index (χ1v) is 13.5. The monoisotopic (exact) mass is 516 g/mol. The van der Waals surface area contributed by atoms with Crippen LogP contribution in [0.2, 0.25) is 0 Å². The number of ether oxygens (including phenoxy) is 1. The smallest absolute Gasteiger partial charge is 0.255 e. The van der Waals surface area contributed by atoms with Crippen LogP contribution in [-0.2, 0) is 14.3 Å². The zero-order valence-corrected chi connectivity index (χ0v) is 22.2. The number of rotatable bonds is 7. The topological polar surface area (TPSA) is 83.0 Å². The minimum absolute atomic E-state index is 0.0649. The van der Waals surface area contributed by atoms with Crippen LogP contribution >= 0.6 is 11.8 Å². The molecule has 1 fully saturated rings. The lowest BCUT2D eigenvalue weighted by molar-refractivity contribution is -0.121. The van der Waals surface area contributed by atoms with Crippen LogP contribution in [0.4, 0.5) is 5.69 Å². The largest absolute Gasteiger partial charge is 0.376 e. The molecule has 3 aliphatic heterocycles. The van der Waals surface area contributed by atoms with E-state index >= 15 is 0 Å². The molecule has 0 spiro atoms. The van der Waals surface area contributed by atoms with Gasteiger partial charge in [-0.05, 0) is 62.3 Å². The normalized spacial score (nSPS) is 20.9. The van der Waals surface area contributed by atoms with Crippen LogP contribution in [0.1, 0.15) is 48.9 Å². The molecule has 7 nitrogen and oxygen atoms in total.